The van der Waals surface area contributed by atoms with Gasteiger partial charge in [0, 0.05) is 26.2 Å². The highest BCUT2D eigenvalue weighted by atomic mass is 19.1. The van der Waals surface area contributed by atoms with Crippen LogP contribution in [0.15, 0.2) is 29.3 Å². The molecule has 2 fully saturated rings. The third kappa shape index (κ3) is 2.85. The van der Waals surface area contributed by atoms with E-state index in [9.17, 15) is 4.39 Å². The summed E-state index contributed by atoms with van der Waals surface area (Å²) in [6.45, 7) is 3.13. The minimum absolute atomic E-state index is 0.162. The lowest BCUT2D eigenvalue weighted by Crippen LogP contribution is -2.54. The number of rotatable bonds is 2. The van der Waals surface area contributed by atoms with Gasteiger partial charge in [0.1, 0.15) is 5.82 Å². The Bertz CT molecular complexity index is 492. The van der Waals surface area contributed by atoms with Crippen molar-refractivity contribution in [2.45, 2.75) is 18.9 Å². The zero-order chi connectivity index (χ0) is 13.9. The molecule has 1 aliphatic carbocycles. The second kappa shape index (κ2) is 5.66. The standard InChI is InChI=1S/C14H20FN5/c15-12-3-1-2-4-13(12)19-7-9-20(10-8-19)14(18-16)17-11-5-6-11/h1-4,11H,5-10,16H2,(H,17,18). The monoisotopic (exact) mass is 277 g/mol. The number of benzene rings is 1. The van der Waals surface area contributed by atoms with Crippen LogP contribution in [0.2, 0.25) is 0 Å². The van der Waals surface area contributed by atoms with Gasteiger partial charge in [-0.3, -0.25) is 5.43 Å². The van der Waals surface area contributed by atoms with Crippen molar-refractivity contribution in [2.75, 3.05) is 31.1 Å². The molecule has 5 nitrogen and oxygen atoms in total. The van der Waals surface area contributed by atoms with E-state index in [1.165, 1.54) is 6.07 Å². The molecule has 6 heteroatoms. The molecule has 2 aliphatic rings. The topological polar surface area (TPSA) is 56.9 Å². The molecule has 0 unspecified atom stereocenters. The fourth-order valence-electron chi connectivity index (χ4n) is 2.45. The number of aliphatic imine (C=N–C) groups is 1. The van der Waals surface area contributed by atoms with Crippen molar-refractivity contribution in [3.63, 3.8) is 0 Å². The van der Waals surface area contributed by atoms with Crippen LogP contribution in [0, 0.1) is 5.82 Å². The second-order valence-electron chi connectivity index (χ2n) is 5.25. The lowest BCUT2D eigenvalue weighted by molar-refractivity contribution is 0.370. The molecule has 0 spiro atoms. The zero-order valence-electron chi connectivity index (χ0n) is 11.4. The summed E-state index contributed by atoms with van der Waals surface area (Å²) in [6.07, 6.45) is 2.31. The van der Waals surface area contributed by atoms with Crippen molar-refractivity contribution in [3.05, 3.63) is 30.1 Å². The Morgan fingerprint density at radius 3 is 2.50 bits per heavy atom. The van der Waals surface area contributed by atoms with Crippen LogP contribution in [0.25, 0.3) is 0 Å². The first-order valence-electron chi connectivity index (χ1n) is 7.07. The molecule has 1 saturated heterocycles. The van der Waals surface area contributed by atoms with Crippen LogP contribution in [0.5, 0.6) is 0 Å². The molecule has 0 aromatic heterocycles. The van der Waals surface area contributed by atoms with Gasteiger partial charge in [0.25, 0.3) is 0 Å². The summed E-state index contributed by atoms with van der Waals surface area (Å²) in [5, 5.41) is 0. The van der Waals surface area contributed by atoms with E-state index in [0.29, 0.717) is 11.7 Å². The molecule has 0 amide bonds. The van der Waals surface area contributed by atoms with Gasteiger partial charge in [0.2, 0.25) is 5.96 Å². The fraction of sp³-hybridized carbons (Fsp3) is 0.500. The van der Waals surface area contributed by atoms with Gasteiger partial charge in [-0.05, 0) is 25.0 Å². The number of hydrogen-bond acceptors (Lipinski definition) is 3. The number of nitrogens with one attached hydrogen (secondary N) is 1. The van der Waals surface area contributed by atoms with E-state index < -0.39 is 0 Å². The molecule has 108 valence electrons. The molecular weight excluding hydrogens is 257 g/mol. The Labute approximate surface area is 118 Å². The van der Waals surface area contributed by atoms with Gasteiger partial charge in [-0.25, -0.2) is 15.2 Å². The van der Waals surface area contributed by atoms with Crippen molar-refractivity contribution < 1.29 is 4.39 Å². The van der Waals surface area contributed by atoms with E-state index in [-0.39, 0.29) is 5.82 Å². The van der Waals surface area contributed by atoms with Crippen LogP contribution in [-0.4, -0.2) is 43.1 Å². The molecular formula is C14H20FN5. The SMILES string of the molecule is NNC(=NC1CC1)N1CCN(c2ccccc2F)CC1. The molecule has 0 radical (unpaired) electrons. The fourth-order valence-corrected chi connectivity index (χ4v) is 2.45. The van der Waals surface area contributed by atoms with Crippen LogP contribution < -0.4 is 16.2 Å². The van der Waals surface area contributed by atoms with E-state index in [4.69, 9.17) is 5.84 Å². The number of nitrogens with two attached hydrogens (primary N) is 1. The highest BCUT2D eigenvalue weighted by Crippen LogP contribution is 2.24. The summed E-state index contributed by atoms with van der Waals surface area (Å²) in [5.41, 5.74) is 3.37. The lowest BCUT2D eigenvalue weighted by Gasteiger charge is -2.37. The maximum atomic E-state index is 13.8. The third-order valence-corrected chi connectivity index (χ3v) is 3.75. The highest BCUT2D eigenvalue weighted by Gasteiger charge is 2.25. The smallest absolute Gasteiger partial charge is 0.208 e. The molecule has 1 saturated carbocycles. The number of guanidine groups is 1. The van der Waals surface area contributed by atoms with Crippen molar-refractivity contribution in [1.82, 2.24) is 10.3 Å². The minimum atomic E-state index is -0.162. The van der Waals surface area contributed by atoms with Crippen LogP contribution in [0.1, 0.15) is 12.8 Å². The van der Waals surface area contributed by atoms with Gasteiger partial charge in [0.05, 0.1) is 11.7 Å². The first-order chi connectivity index (χ1) is 9.78. The van der Waals surface area contributed by atoms with Crippen molar-refractivity contribution in [1.29, 1.82) is 0 Å². The Hall–Kier alpha value is -1.82. The number of para-hydroxylation sites is 1. The summed E-state index contributed by atoms with van der Waals surface area (Å²) in [5.74, 6) is 6.16. The summed E-state index contributed by atoms with van der Waals surface area (Å²) in [4.78, 5) is 8.76. The number of hydrogen-bond donors (Lipinski definition) is 2. The van der Waals surface area contributed by atoms with Gasteiger partial charge in [0.15, 0.2) is 0 Å². The van der Waals surface area contributed by atoms with E-state index in [0.717, 1.165) is 45.0 Å². The molecule has 0 atom stereocenters. The number of nitrogens with zero attached hydrogens (tertiary/aromatic N) is 3. The number of anilines is 1. The van der Waals surface area contributed by atoms with E-state index in [1.807, 2.05) is 12.1 Å². The lowest BCUT2D eigenvalue weighted by atomic mass is 10.2. The number of piperazine rings is 1. The Kier molecular flexibility index (Phi) is 3.73. The summed E-state index contributed by atoms with van der Waals surface area (Å²) in [7, 11) is 0. The number of hydrazine groups is 1. The van der Waals surface area contributed by atoms with E-state index in [1.54, 1.807) is 6.07 Å². The molecule has 3 rings (SSSR count). The predicted molar refractivity (Wildman–Crippen MR) is 78.0 cm³/mol. The van der Waals surface area contributed by atoms with Crippen molar-refractivity contribution >= 4 is 11.6 Å². The second-order valence-corrected chi connectivity index (χ2v) is 5.25. The zero-order valence-corrected chi connectivity index (χ0v) is 11.4. The first-order valence-corrected chi connectivity index (χ1v) is 7.07. The van der Waals surface area contributed by atoms with E-state index >= 15 is 0 Å². The molecule has 1 aromatic rings. The minimum Gasteiger partial charge on any atom is -0.366 e. The summed E-state index contributed by atoms with van der Waals surface area (Å²) >= 11 is 0. The van der Waals surface area contributed by atoms with Gasteiger partial charge in [-0.1, -0.05) is 12.1 Å². The highest BCUT2D eigenvalue weighted by molar-refractivity contribution is 5.80. The first kappa shape index (κ1) is 13.2. The predicted octanol–water partition coefficient (Wildman–Crippen LogP) is 0.929. The van der Waals surface area contributed by atoms with Gasteiger partial charge in [-0.2, -0.15) is 0 Å². The molecule has 1 aromatic carbocycles. The third-order valence-electron chi connectivity index (χ3n) is 3.75. The Morgan fingerprint density at radius 1 is 1.20 bits per heavy atom. The van der Waals surface area contributed by atoms with Crippen LogP contribution in [-0.2, 0) is 0 Å². The van der Waals surface area contributed by atoms with Gasteiger partial charge < -0.3 is 9.80 Å². The molecule has 0 bridgehead atoms. The normalized spacial score (nSPS) is 20.2. The average molecular weight is 277 g/mol. The molecule has 1 heterocycles. The summed E-state index contributed by atoms with van der Waals surface area (Å²) in [6, 6.07) is 7.35. The summed E-state index contributed by atoms with van der Waals surface area (Å²) < 4.78 is 13.8. The Morgan fingerprint density at radius 2 is 1.90 bits per heavy atom. The quantitative estimate of drug-likeness (QED) is 0.365. The molecule has 20 heavy (non-hydrogen) atoms. The molecule has 3 N–H and O–H groups in total. The van der Waals surface area contributed by atoms with Crippen LogP contribution in [0.4, 0.5) is 10.1 Å². The average Bonchev–Trinajstić information content (AvgIpc) is 3.30. The Balaban J connectivity index is 1.63. The van der Waals surface area contributed by atoms with E-state index in [2.05, 4.69) is 20.2 Å². The maximum Gasteiger partial charge on any atom is 0.208 e. The molecule has 1 aliphatic heterocycles. The van der Waals surface area contributed by atoms with Crippen LogP contribution >= 0.6 is 0 Å². The maximum absolute atomic E-state index is 13.8. The largest absolute Gasteiger partial charge is 0.366 e. The number of halogens is 1. The van der Waals surface area contributed by atoms with Crippen molar-refractivity contribution in [3.8, 4) is 0 Å². The van der Waals surface area contributed by atoms with Gasteiger partial charge in [-0.15, -0.1) is 0 Å². The van der Waals surface area contributed by atoms with Gasteiger partial charge >= 0.3 is 0 Å². The van der Waals surface area contributed by atoms with Crippen LogP contribution in [0.3, 0.4) is 0 Å². The van der Waals surface area contributed by atoms with Crippen molar-refractivity contribution in [2.24, 2.45) is 10.8 Å².